The molecule has 2 heterocycles. The summed E-state index contributed by atoms with van der Waals surface area (Å²) in [5.41, 5.74) is 3.34. The topological polar surface area (TPSA) is 58.1 Å². The molecule has 0 spiro atoms. The van der Waals surface area contributed by atoms with Gasteiger partial charge in [-0.2, -0.15) is 11.8 Å². The molecule has 5 nitrogen and oxygen atoms in total. The molecular formula is C21H30N4OS. The number of hydrogen-bond donors (Lipinski definition) is 1. The minimum atomic E-state index is 0.109. The van der Waals surface area contributed by atoms with Gasteiger partial charge < -0.3 is 10.2 Å². The average molecular weight is 387 g/mol. The average Bonchev–Trinajstić information content (AvgIpc) is 2.67. The standard InChI is InChI=1S/C21H30N4OS/c1-14(2)17-5-6-19-18(13-17)15(3)23-21(24-19)25-10-7-16(8-11-25)20(26)22-9-12-27-4/h5-6,13-14,16H,7-12H2,1-4H3,(H,22,26). The van der Waals surface area contributed by atoms with Crippen molar-refractivity contribution in [3.05, 3.63) is 29.5 Å². The maximum Gasteiger partial charge on any atom is 0.226 e. The summed E-state index contributed by atoms with van der Waals surface area (Å²) < 4.78 is 0. The van der Waals surface area contributed by atoms with Crippen LogP contribution in [-0.2, 0) is 4.79 Å². The molecule has 6 heteroatoms. The number of piperidine rings is 1. The first kappa shape index (κ1) is 19.9. The lowest BCUT2D eigenvalue weighted by atomic mass is 9.96. The summed E-state index contributed by atoms with van der Waals surface area (Å²) in [7, 11) is 0. The third-order valence-corrected chi connectivity index (χ3v) is 5.93. The van der Waals surface area contributed by atoms with Gasteiger partial charge in [0.25, 0.3) is 0 Å². The van der Waals surface area contributed by atoms with E-state index in [0.29, 0.717) is 5.92 Å². The quantitative estimate of drug-likeness (QED) is 0.766. The van der Waals surface area contributed by atoms with Crippen LogP contribution in [0, 0.1) is 12.8 Å². The first-order valence-electron chi connectivity index (χ1n) is 9.79. The van der Waals surface area contributed by atoms with Crippen LogP contribution in [0.15, 0.2) is 18.2 Å². The molecule has 2 aromatic rings. The van der Waals surface area contributed by atoms with Crippen LogP contribution in [0.25, 0.3) is 10.9 Å². The number of thioether (sulfide) groups is 1. The van der Waals surface area contributed by atoms with Gasteiger partial charge in [-0.1, -0.05) is 19.9 Å². The second-order valence-corrected chi connectivity index (χ2v) is 8.57. The van der Waals surface area contributed by atoms with E-state index in [1.54, 1.807) is 11.8 Å². The molecule has 0 bridgehead atoms. The van der Waals surface area contributed by atoms with Gasteiger partial charge in [-0.15, -0.1) is 0 Å². The zero-order valence-electron chi connectivity index (χ0n) is 16.8. The minimum Gasteiger partial charge on any atom is -0.355 e. The number of rotatable bonds is 6. The SMILES string of the molecule is CSCCNC(=O)C1CCN(c2nc(C)c3cc(C(C)C)ccc3n2)CC1. The van der Waals surface area contributed by atoms with E-state index in [0.717, 1.165) is 60.8 Å². The molecule has 3 rings (SSSR count). The number of nitrogens with zero attached hydrogens (tertiary/aromatic N) is 3. The normalized spacial score (nSPS) is 15.5. The smallest absolute Gasteiger partial charge is 0.226 e. The van der Waals surface area contributed by atoms with Gasteiger partial charge >= 0.3 is 0 Å². The summed E-state index contributed by atoms with van der Waals surface area (Å²) >= 11 is 1.75. The Balaban J connectivity index is 1.68. The lowest BCUT2D eigenvalue weighted by molar-refractivity contribution is -0.125. The maximum absolute atomic E-state index is 12.3. The van der Waals surface area contributed by atoms with Crippen LogP contribution < -0.4 is 10.2 Å². The largest absolute Gasteiger partial charge is 0.355 e. The van der Waals surface area contributed by atoms with Crippen molar-refractivity contribution in [1.29, 1.82) is 0 Å². The van der Waals surface area contributed by atoms with E-state index in [2.05, 4.69) is 55.4 Å². The van der Waals surface area contributed by atoms with Crippen molar-refractivity contribution >= 4 is 34.5 Å². The summed E-state index contributed by atoms with van der Waals surface area (Å²) in [6.07, 6.45) is 3.77. The monoisotopic (exact) mass is 386 g/mol. The van der Waals surface area contributed by atoms with Crippen LogP contribution in [-0.4, -0.2) is 47.5 Å². The van der Waals surface area contributed by atoms with E-state index in [-0.39, 0.29) is 11.8 Å². The molecule has 1 aromatic carbocycles. The van der Waals surface area contributed by atoms with Gasteiger partial charge in [0.05, 0.1) is 11.2 Å². The van der Waals surface area contributed by atoms with Crippen molar-refractivity contribution in [3.8, 4) is 0 Å². The molecule has 0 unspecified atom stereocenters. The van der Waals surface area contributed by atoms with E-state index in [1.165, 1.54) is 5.56 Å². The fraction of sp³-hybridized carbons (Fsp3) is 0.571. The van der Waals surface area contributed by atoms with Gasteiger partial charge in [0, 0.05) is 36.7 Å². The van der Waals surface area contributed by atoms with Gasteiger partial charge in [-0.3, -0.25) is 4.79 Å². The molecule has 27 heavy (non-hydrogen) atoms. The number of nitrogens with one attached hydrogen (secondary N) is 1. The third-order valence-electron chi connectivity index (χ3n) is 5.32. The number of fused-ring (bicyclic) bond motifs is 1. The number of benzene rings is 1. The van der Waals surface area contributed by atoms with E-state index in [1.807, 2.05) is 0 Å². The summed E-state index contributed by atoms with van der Waals surface area (Å²) in [5.74, 6) is 2.56. The molecule has 0 saturated carbocycles. The number of hydrogen-bond acceptors (Lipinski definition) is 5. The molecule has 1 fully saturated rings. The van der Waals surface area contributed by atoms with E-state index in [4.69, 9.17) is 9.97 Å². The summed E-state index contributed by atoms with van der Waals surface area (Å²) in [4.78, 5) is 24.0. The lowest BCUT2D eigenvalue weighted by Crippen LogP contribution is -2.41. The Bertz CT molecular complexity index is 800. The molecule has 0 atom stereocenters. The van der Waals surface area contributed by atoms with E-state index in [9.17, 15) is 4.79 Å². The van der Waals surface area contributed by atoms with Crippen molar-refractivity contribution in [2.45, 2.75) is 39.5 Å². The number of aromatic nitrogens is 2. The molecule has 1 amide bonds. The van der Waals surface area contributed by atoms with Gasteiger partial charge in [0.1, 0.15) is 0 Å². The summed E-state index contributed by atoms with van der Waals surface area (Å²) in [6, 6.07) is 6.48. The van der Waals surface area contributed by atoms with Crippen molar-refractivity contribution in [2.24, 2.45) is 5.92 Å². The fourth-order valence-electron chi connectivity index (χ4n) is 3.55. The van der Waals surface area contributed by atoms with Crippen LogP contribution >= 0.6 is 11.8 Å². The summed E-state index contributed by atoms with van der Waals surface area (Å²) in [5, 5.41) is 4.18. The molecule has 0 radical (unpaired) electrons. The lowest BCUT2D eigenvalue weighted by Gasteiger charge is -2.31. The van der Waals surface area contributed by atoms with Gasteiger partial charge in [-0.05, 0) is 49.6 Å². The Morgan fingerprint density at radius 1 is 1.30 bits per heavy atom. The van der Waals surface area contributed by atoms with Crippen LogP contribution in [0.4, 0.5) is 5.95 Å². The van der Waals surface area contributed by atoms with Crippen molar-refractivity contribution in [2.75, 3.05) is 36.5 Å². The second-order valence-electron chi connectivity index (χ2n) is 7.59. The summed E-state index contributed by atoms with van der Waals surface area (Å²) in [6.45, 7) is 8.88. The van der Waals surface area contributed by atoms with Crippen LogP contribution in [0.5, 0.6) is 0 Å². The van der Waals surface area contributed by atoms with Crippen molar-refractivity contribution in [3.63, 3.8) is 0 Å². The fourth-order valence-corrected chi connectivity index (χ4v) is 3.85. The van der Waals surface area contributed by atoms with Crippen LogP contribution in [0.1, 0.15) is 43.9 Å². The van der Waals surface area contributed by atoms with E-state index >= 15 is 0 Å². The molecule has 146 valence electrons. The highest BCUT2D eigenvalue weighted by atomic mass is 32.2. The minimum absolute atomic E-state index is 0.109. The predicted molar refractivity (Wildman–Crippen MR) is 115 cm³/mol. The number of aryl methyl sites for hydroxylation is 1. The van der Waals surface area contributed by atoms with Gasteiger partial charge in [-0.25, -0.2) is 9.97 Å². The Hall–Kier alpha value is -1.82. The number of amides is 1. The molecular weight excluding hydrogens is 356 g/mol. The Labute approximate surface area is 166 Å². The highest BCUT2D eigenvalue weighted by Crippen LogP contribution is 2.26. The Morgan fingerprint density at radius 3 is 2.70 bits per heavy atom. The predicted octanol–water partition coefficient (Wildman–Crippen LogP) is 3.76. The molecule has 0 aliphatic carbocycles. The van der Waals surface area contributed by atoms with Crippen LogP contribution in [0.2, 0.25) is 0 Å². The Kier molecular flexibility index (Phi) is 6.58. The Morgan fingerprint density at radius 2 is 2.04 bits per heavy atom. The van der Waals surface area contributed by atoms with Gasteiger partial charge in [0.2, 0.25) is 11.9 Å². The first-order valence-corrected chi connectivity index (χ1v) is 11.2. The number of carbonyl (C=O) groups excluding carboxylic acids is 1. The van der Waals surface area contributed by atoms with Crippen molar-refractivity contribution in [1.82, 2.24) is 15.3 Å². The second kappa shape index (κ2) is 8.91. The number of carbonyl (C=O) groups is 1. The molecule has 1 saturated heterocycles. The third kappa shape index (κ3) is 4.72. The highest BCUT2D eigenvalue weighted by Gasteiger charge is 2.26. The zero-order chi connectivity index (χ0) is 19.4. The zero-order valence-corrected chi connectivity index (χ0v) is 17.6. The van der Waals surface area contributed by atoms with Gasteiger partial charge in [0.15, 0.2) is 0 Å². The van der Waals surface area contributed by atoms with Crippen molar-refractivity contribution < 1.29 is 4.79 Å². The molecule has 1 N–H and O–H groups in total. The molecule has 1 aliphatic rings. The first-order chi connectivity index (χ1) is 13.0. The van der Waals surface area contributed by atoms with E-state index < -0.39 is 0 Å². The number of anilines is 1. The maximum atomic E-state index is 12.3. The van der Waals surface area contributed by atoms with Crippen LogP contribution in [0.3, 0.4) is 0 Å². The molecule has 1 aromatic heterocycles. The highest BCUT2D eigenvalue weighted by molar-refractivity contribution is 7.98. The molecule has 1 aliphatic heterocycles.